The van der Waals surface area contributed by atoms with Crippen LogP contribution in [0.2, 0.25) is 0 Å². The molecule has 1 unspecified atom stereocenters. The van der Waals surface area contributed by atoms with Crippen molar-refractivity contribution in [1.82, 2.24) is 10.1 Å². The fraction of sp³-hybridized carbons (Fsp3) is 0.238. The third-order valence-electron chi connectivity index (χ3n) is 4.85. The van der Waals surface area contributed by atoms with Crippen LogP contribution in [0.15, 0.2) is 40.9 Å². The second-order valence-corrected chi connectivity index (χ2v) is 6.94. The molecule has 1 aromatic heterocycles. The molecule has 3 aromatic rings. The minimum absolute atomic E-state index is 0.0813. The van der Waals surface area contributed by atoms with Crippen molar-refractivity contribution in [2.75, 3.05) is 19.5 Å². The van der Waals surface area contributed by atoms with Gasteiger partial charge in [0.15, 0.2) is 17.0 Å². The number of rotatable bonds is 8. The van der Waals surface area contributed by atoms with Crippen molar-refractivity contribution in [2.24, 2.45) is 5.73 Å². The normalized spacial score (nSPS) is 12.6. The molecule has 3 rings (SSSR count). The Morgan fingerprint density at radius 2 is 1.81 bits per heavy atom. The zero-order valence-corrected chi connectivity index (χ0v) is 17.5. The zero-order valence-electron chi connectivity index (χ0n) is 17.5. The quantitative estimate of drug-likeness (QED) is 0.315. The van der Waals surface area contributed by atoms with Gasteiger partial charge in [-0.15, -0.1) is 0 Å². The number of hydrogen-bond donors (Lipinski definition) is 4. The molecule has 0 saturated heterocycles. The van der Waals surface area contributed by atoms with Crippen LogP contribution in [0.3, 0.4) is 0 Å². The molecule has 0 aliphatic carbocycles. The number of benzene rings is 2. The highest BCUT2D eigenvalue weighted by Gasteiger charge is 2.39. The summed E-state index contributed by atoms with van der Waals surface area (Å²) in [7, 11) is 2.94. The fourth-order valence-corrected chi connectivity index (χ4v) is 3.14. The highest BCUT2D eigenvalue weighted by Crippen LogP contribution is 2.41. The minimum atomic E-state index is -1.61. The van der Waals surface area contributed by atoms with Crippen molar-refractivity contribution < 1.29 is 23.9 Å². The van der Waals surface area contributed by atoms with E-state index in [2.05, 4.69) is 15.5 Å². The molecule has 0 fully saturated rings. The molecule has 0 aliphatic heterocycles. The average Bonchev–Trinajstić information content (AvgIpc) is 3.19. The Morgan fingerprint density at radius 1 is 1.19 bits per heavy atom. The van der Waals surface area contributed by atoms with Gasteiger partial charge in [-0.05, 0) is 43.3 Å². The van der Waals surface area contributed by atoms with E-state index in [4.69, 9.17) is 25.1 Å². The number of nitrogens with zero attached hydrogens (tertiary/aromatic N) is 2. The lowest BCUT2D eigenvalue weighted by Gasteiger charge is -2.30. The number of carboxylic acid groups (broad SMARTS) is 1. The molecule has 1 heterocycles. The van der Waals surface area contributed by atoms with E-state index in [-0.39, 0.29) is 11.7 Å². The van der Waals surface area contributed by atoms with E-state index in [0.717, 1.165) is 0 Å². The van der Waals surface area contributed by atoms with E-state index in [0.29, 0.717) is 39.8 Å². The van der Waals surface area contributed by atoms with Crippen LogP contribution in [0.4, 0.5) is 5.69 Å². The van der Waals surface area contributed by atoms with Crippen LogP contribution in [-0.2, 0) is 10.3 Å². The van der Waals surface area contributed by atoms with Crippen LogP contribution in [0.25, 0.3) is 11.4 Å². The van der Waals surface area contributed by atoms with Crippen LogP contribution in [0.5, 0.6) is 11.5 Å². The van der Waals surface area contributed by atoms with Gasteiger partial charge in [0.1, 0.15) is 5.84 Å². The molecule has 10 nitrogen and oxygen atoms in total. The Hall–Kier alpha value is -4.08. The molecule has 31 heavy (non-hydrogen) atoms. The monoisotopic (exact) mass is 425 g/mol. The summed E-state index contributed by atoms with van der Waals surface area (Å²) in [5.41, 5.74) is 5.68. The van der Waals surface area contributed by atoms with E-state index in [1.165, 1.54) is 21.1 Å². The number of anilines is 1. The maximum absolute atomic E-state index is 12.5. The molecule has 2 aromatic carbocycles. The van der Waals surface area contributed by atoms with Crippen molar-refractivity contribution in [2.45, 2.75) is 19.4 Å². The summed E-state index contributed by atoms with van der Waals surface area (Å²) in [6.07, 6.45) is 0. The molecule has 10 heteroatoms. The smallest absolute Gasteiger partial charge is 0.333 e. The number of aromatic nitrogens is 2. The summed E-state index contributed by atoms with van der Waals surface area (Å²) in [5.74, 6) is 0.0687. The predicted octanol–water partition coefficient (Wildman–Crippen LogP) is 2.76. The van der Waals surface area contributed by atoms with Crippen LogP contribution < -0.4 is 20.5 Å². The Kier molecular flexibility index (Phi) is 5.82. The molecule has 0 amide bonds. The van der Waals surface area contributed by atoms with E-state index >= 15 is 0 Å². The number of nitrogens with one attached hydrogen (secondary N) is 2. The van der Waals surface area contributed by atoms with Crippen LogP contribution in [0.1, 0.15) is 23.9 Å². The molecule has 0 radical (unpaired) electrons. The standard InChI is InChI=1S/C21H23N5O5/c1-11-24-19(26-31-11)14-9-16(29-3)17(30-4)10-15(14)21(2,20(27)28)25-13-7-5-12(6-8-13)18(22)23/h5-10,25H,1-4H3,(H3,22,23)(H,27,28). The van der Waals surface area contributed by atoms with E-state index in [1.54, 1.807) is 43.3 Å². The summed E-state index contributed by atoms with van der Waals surface area (Å²) in [5, 5.41) is 24.7. The Bertz CT molecular complexity index is 1130. The SMILES string of the molecule is COc1cc(-c2noc(C)n2)c(C(C)(Nc2ccc(C(=N)N)cc2)C(=O)O)cc1OC. The van der Waals surface area contributed by atoms with Gasteiger partial charge >= 0.3 is 5.97 Å². The van der Waals surface area contributed by atoms with Gasteiger partial charge in [-0.3, -0.25) is 5.41 Å². The first-order valence-corrected chi connectivity index (χ1v) is 9.22. The lowest BCUT2D eigenvalue weighted by atomic mass is 9.86. The van der Waals surface area contributed by atoms with Gasteiger partial charge in [-0.2, -0.15) is 4.98 Å². The third-order valence-corrected chi connectivity index (χ3v) is 4.85. The molecule has 1 atom stereocenters. The molecule has 0 aliphatic rings. The highest BCUT2D eigenvalue weighted by molar-refractivity contribution is 5.95. The predicted molar refractivity (Wildman–Crippen MR) is 114 cm³/mol. The van der Waals surface area contributed by atoms with Gasteiger partial charge in [0.25, 0.3) is 0 Å². The van der Waals surface area contributed by atoms with E-state index < -0.39 is 11.5 Å². The number of methoxy groups -OCH3 is 2. The molecule has 162 valence electrons. The number of carboxylic acids is 1. The molecule has 5 N–H and O–H groups in total. The number of ether oxygens (including phenoxy) is 2. The number of nitrogen functional groups attached to an aromatic ring is 1. The zero-order chi connectivity index (χ0) is 22.8. The minimum Gasteiger partial charge on any atom is -0.493 e. The number of aryl methyl sites for hydroxylation is 1. The first kappa shape index (κ1) is 21.6. The van der Waals surface area contributed by atoms with Crippen LogP contribution in [-0.4, -0.2) is 41.3 Å². The van der Waals surface area contributed by atoms with Gasteiger partial charge in [-0.1, -0.05) is 5.16 Å². The number of carbonyl (C=O) groups is 1. The maximum Gasteiger partial charge on any atom is 0.333 e. The van der Waals surface area contributed by atoms with Crippen molar-refractivity contribution in [1.29, 1.82) is 5.41 Å². The molecule has 0 spiro atoms. The topological polar surface area (TPSA) is 157 Å². The van der Waals surface area contributed by atoms with E-state index in [1.807, 2.05) is 0 Å². The second-order valence-electron chi connectivity index (χ2n) is 6.94. The number of hydrogen-bond acceptors (Lipinski definition) is 8. The lowest BCUT2D eigenvalue weighted by Crippen LogP contribution is -2.41. The Balaban J connectivity index is 2.18. The van der Waals surface area contributed by atoms with Gasteiger partial charge in [0.05, 0.1) is 14.2 Å². The third kappa shape index (κ3) is 4.13. The maximum atomic E-state index is 12.5. The Labute approximate surface area is 178 Å². The summed E-state index contributed by atoms with van der Waals surface area (Å²) < 4.78 is 15.9. The highest BCUT2D eigenvalue weighted by atomic mass is 16.5. The number of nitrogens with two attached hydrogens (primary N) is 1. The lowest BCUT2D eigenvalue weighted by molar-refractivity contribution is -0.142. The van der Waals surface area contributed by atoms with E-state index in [9.17, 15) is 9.90 Å². The molecular weight excluding hydrogens is 402 g/mol. The summed E-state index contributed by atoms with van der Waals surface area (Å²) in [6.45, 7) is 3.16. The van der Waals surface area contributed by atoms with Gasteiger partial charge in [-0.25, -0.2) is 4.79 Å². The number of aliphatic carboxylic acids is 1. The molecule has 0 bridgehead atoms. The van der Waals surface area contributed by atoms with Gasteiger partial charge in [0.2, 0.25) is 11.7 Å². The first-order chi connectivity index (χ1) is 14.7. The first-order valence-electron chi connectivity index (χ1n) is 9.22. The summed E-state index contributed by atoms with van der Waals surface area (Å²) >= 11 is 0. The summed E-state index contributed by atoms with van der Waals surface area (Å²) in [6, 6.07) is 9.74. The van der Waals surface area contributed by atoms with Crippen molar-refractivity contribution in [3.8, 4) is 22.9 Å². The van der Waals surface area contributed by atoms with Crippen molar-refractivity contribution in [3.63, 3.8) is 0 Å². The fourth-order valence-electron chi connectivity index (χ4n) is 3.14. The average molecular weight is 425 g/mol. The van der Waals surface area contributed by atoms with Crippen LogP contribution >= 0.6 is 0 Å². The van der Waals surface area contributed by atoms with Crippen molar-refractivity contribution in [3.05, 3.63) is 53.4 Å². The largest absolute Gasteiger partial charge is 0.493 e. The molecule has 0 saturated carbocycles. The number of amidine groups is 1. The Morgan fingerprint density at radius 3 is 2.29 bits per heavy atom. The van der Waals surface area contributed by atoms with Crippen molar-refractivity contribution >= 4 is 17.5 Å². The second kappa shape index (κ2) is 8.34. The van der Waals surface area contributed by atoms with Gasteiger partial charge < -0.3 is 30.2 Å². The summed E-state index contributed by atoms with van der Waals surface area (Å²) in [4.78, 5) is 16.7. The van der Waals surface area contributed by atoms with Gasteiger partial charge in [0, 0.05) is 29.3 Å². The van der Waals surface area contributed by atoms with Crippen LogP contribution in [0, 0.1) is 12.3 Å². The molecular formula is C21H23N5O5.